The van der Waals surface area contributed by atoms with Crippen LogP contribution in [0.25, 0.3) is 0 Å². The Bertz CT molecular complexity index is 237. The van der Waals surface area contributed by atoms with E-state index in [2.05, 4.69) is 20.8 Å². The standard InChI is InChI=1S/C13H24O3/c1-8(2)10(4)16-13(14)11-6-9(3)12(7-11)15-5/h8-12H,6-7H2,1-5H3/t9-,10?,11?,12-/m0/s1. The summed E-state index contributed by atoms with van der Waals surface area (Å²) in [4.78, 5) is 11.9. The summed E-state index contributed by atoms with van der Waals surface area (Å²) in [6, 6.07) is 0. The molecule has 3 nitrogen and oxygen atoms in total. The monoisotopic (exact) mass is 228 g/mol. The third-order valence-electron chi connectivity index (χ3n) is 3.68. The number of esters is 1. The van der Waals surface area contributed by atoms with Gasteiger partial charge >= 0.3 is 5.97 Å². The van der Waals surface area contributed by atoms with Crippen LogP contribution in [0, 0.1) is 17.8 Å². The topological polar surface area (TPSA) is 35.5 Å². The number of methoxy groups -OCH3 is 1. The van der Waals surface area contributed by atoms with Crippen molar-refractivity contribution in [3.8, 4) is 0 Å². The van der Waals surface area contributed by atoms with Gasteiger partial charge in [0.1, 0.15) is 6.10 Å². The van der Waals surface area contributed by atoms with Crippen LogP contribution in [-0.4, -0.2) is 25.3 Å². The van der Waals surface area contributed by atoms with Crippen molar-refractivity contribution in [1.29, 1.82) is 0 Å². The van der Waals surface area contributed by atoms with E-state index in [1.807, 2.05) is 6.92 Å². The van der Waals surface area contributed by atoms with Crippen LogP contribution in [0.5, 0.6) is 0 Å². The van der Waals surface area contributed by atoms with Crippen molar-refractivity contribution in [2.75, 3.05) is 7.11 Å². The van der Waals surface area contributed by atoms with Crippen LogP contribution < -0.4 is 0 Å². The highest BCUT2D eigenvalue weighted by molar-refractivity contribution is 5.73. The lowest BCUT2D eigenvalue weighted by Crippen LogP contribution is -2.25. The molecule has 3 heteroatoms. The normalized spacial score (nSPS) is 31.8. The van der Waals surface area contributed by atoms with E-state index >= 15 is 0 Å². The Labute approximate surface area is 98.5 Å². The van der Waals surface area contributed by atoms with Gasteiger partial charge in [-0.1, -0.05) is 20.8 Å². The predicted molar refractivity (Wildman–Crippen MR) is 63.1 cm³/mol. The summed E-state index contributed by atoms with van der Waals surface area (Å²) in [7, 11) is 1.71. The number of carbonyl (C=O) groups is 1. The summed E-state index contributed by atoms with van der Waals surface area (Å²) in [6.45, 7) is 8.21. The van der Waals surface area contributed by atoms with Gasteiger partial charge in [0.2, 0.25) is 0 Å². The van der Waals surface area contributed by atoms with E-state index in [1.54, 1.807) is 7.11 Å². The maximum Gasteiger partial charge on any atom is 0.309 e. The summed E-state index contributed by atoms with van der Waals surface area (Å²) in [5, 5.41) is 0. The highest BCUT2D eigenvalue weighted by Crippen LogP contribution is 2.33. The molecule has 16 heavy (non-hydrogen) atoms. The second-order valence-electron chi connectivity index (χ2n) is 5.31. The second kappa shape index (κ2) is 5.67. The Morgan fingerprint density at radius 2 is 1.88 bits per heavy atom. The first-order chi connectivity index (χ1) is 7.45. The maximum absolute atomic E-state index is 11.9. The average Bonchev–Trinajstić information content (AvgIpc) is 2.59. The van der Waals surface area contributed by atoms with Crippen molar-refractivity contribution in [3.63, 3.8) is 0 Å². The molecule has 1 rings (SSSR count). The van der Waals surface area contributed by atoms with Gasteiger partial charge in [-0.05, 0) is 31.6 Å². The minimum Gasteiger partial charge on any atom is -0.462 e. The summed E-state index contributed by atoms with van der Waals surface area (Å²) < 4.78 is 10.8. The van der Waals surface area contributed by atoms with Crippen LogP contribution in [0.4, 0.5) is 0 Å². The lowest BCUT2D eigenvalue weighted by molar-refractivity contribution is -0.155. The van der Waals surface area contributed by atoms with Gasteiger partial charge in [0, 0.05) is 7.11 Å². The van der Waals surface area contributed by atoms with Gasteiger partial charge in [0.25, 0.3) is 0 Å². The molecule has 1 aliphatic rings. The van der Waals surface area contributed by atoms with Crippen LogP contribution in [0.2, 0.25) is 0 Å². The molecule has 4 atom stereocenters. The molecule has 94 valence electrons. The summed E-state index contributed by atoms with van der Waals surface area (Å²) >= 11 is 0. The average molecular weight is 228 g/mol. The van der Waals surface area contributed by atoms with E-state index in [4.69, 9.17) is 9.47 Å². The quantitative estimate of drug-likeness (QED) is 0.694. The molecule has 2 unspecified atom stereocenters. The minimum absolute atomic E-state index is 0.00408. The fraction of sp³-hybridized carbons (Fsp3) is 0.923. The fourth-order valence-corrected chi connectivity index (χ4v) is 2.15. The zero-order valence-corrected chi connectivity index (χ0v) is 11.0. The van der Waals surface area contributed by atoms with Crippen molar-refractivity contribution in [1.82, 2.24) is 0 Å². The molecule has 0 radical (unpaired) electrons. The molecule has 0 spiro atoms. The third kappa shape index (κ3) is 3.21. The molecule has 0 N–H and O–H groups in total. The summed E-state index contributed by atoms with van der Waals surface area (Å²) in [5.41, 5.74) is 0. The first-order valence-corrected chi connectivity index (χ1v) is 6.19. The van der Waals surface area contributed by atoms with Crippen molar-refractivity contribution in [2.45, 2.75) is 52.7 Å². The van der Waals surface area contributed by atoms with Gasteiger partial charge in [0.15, 0.2) is 0 Å². The predicted octanol–water partition coefficient (Wildman–Crippen LogP) is 2.64. The van der Waals surface area contributed by atoms with Crippen LogP contribution in [0.3, 0.4) is 0 Å². The van der Waals surface area contributed by atoms with Gasteiger partial charge in [0.05, 0.1) is 12.0 Å². The molecule has 0 saturated heterocycles. The molecule has 0 heterocycles. The Hall–Kier alpha value is -0.570. The Morgan fingerprint density at radius 1 is 1.25 bits per heavy atom. The number of carbonyl (C=O) groups excluding carboxylic acids is 1. The van der Waals surface area contributed by atoms with Crippen LogP contribution >= 0.6 is 0 Å². The fourth-order valence-electron chi connectivity index (χ4n) is 2.15. The SMILES string of the molecule is CO[C@H]1CC(C(=O)OC(C)C(C)C)C[C@@H]1C. The van der Waals surface area contributed by atoms with E-state index in [1.165, 1.54) is 0 Å². The lowest BCUT2D eigenvalue weighted by atomic mass is 10.1. The summed E-state index contributed by atoms with van der Waals surface area (Å²) in [6.07, 6.45) is 1.92. The molecule has 0 aromatic heterocycles. The molecule has 0 amide bonds. The van der Waals surface area contributed by atoms with Crippen LogP contribution in [0.1, 0.15) is 40.5 Å². The third-order valence-corrected chi connectivity index (χ3v) is 3.68. The van der Waals surface area contributed by atoms with E-state index in [9.17, 15) is 4.79 Å². The molecular weight excluding hydrogens is 204 g/mol. The molecule has 1 fully saturated rings. The molecule has 0 aromatic rings. The second-order valence-corrected chi connectivity index (χ2v) is 5.31. The Balaban J connectivity index is 2.44. The van der Waals surface area contributed by atoms with E-state index < -0.39 is 0 Å². The van der Waals surface area contributed by atoms with Gasteiger partial charge in [-0.2, -0.15) is 0 Å². The smallest absolute Gasteiger partial charge is 0.309 e. The van der Waals surface area contributed by atoms with Gasteiger partial charge in [-0.3, -0.25) is 4.79 Å². The largest absolute Gasteiger partial charge is 0.462 e. The number of hydrogen-bond donors (Lipinski definition) is 0. The molecule has 0 aromatic carbocycles. The molecular formula is C13H24O3. The number of ether oxygens (including phenoxy) is 2. The number of hydrogen-bond acceptors (Lipinski definition) is 3. The molecule has 1 saturated carbocycles. The van der Waals surface area contributed by atoms with E-state index in [-0.39, 0.29) is 24.1 Å². The Morgan fingerprint density at radius 3 is 2.31 bits per heavy atom. The highest BCUT2D eigenvalue weighted by Gasteiger charge is 2.37. The maximum atomic E-state index is 11.9. The van der Waals surface area contributed by atoms with Crippen molar-refractivity contribution < 1.29 is 14.3 Å². The van der Waals surface area contributed by atoms with Crippen molar-refractivity contribution in [2.24, 2.45) is 17.8 Å². The molecule has 1 aliphatic carbocycles. The lowest BCUT2D eigenvalue weighted by Gasteiger charge is -2.19. The van der Waals surface area contributed by atoms with Crippen LogP contribution in [0.15, 0.2) is 0 Å². The van der Waals surface area contributed by atoms with Crippen molar-refractivity contribution in [3.05, 3.63) is 0 Å². The molecule has 0 aliphatic heterocycles. The highest BCUT2D eigenvalue weighted by atomic mass is 16.5. The zero-order chi connectivity index (χ0) is 12.3. The molecule has 0 bridgehead atoms. The zero-order valence-electron chi connectivity index (χ0n) is 11.0. The van der Waals surface area contributed by atoms with Crippen LogP contribution in [-0.2, 0) is 14.3 Å². The first kappa shape index (κ1) is 13.5. The van der Waals surface area contributed by atoms with Gasteiger partial charge in [-0.15, -0.1) is 0 Å². The Kier molecular flexibility index (Phi) is 4.78. The number of rotatable bonds is 4. The van der Waals surface area contributed by atoms with Crippen molar-refractivity contribution >= 4 is 5.97 Å². The van der Waals surface area contributed by atoms with Gasteiger partial charge < -0.3 is 9.47 Å². The minimum atomic E-state index is -0.0485. The van der Waals surface area contributed by atoms with E-state index in [0.29, 0.717) is 11.8 Å². The van der Waals surface area contributed by atoms with E-state index in [0.717, 1.165) is 12.8 Å². The first-order valence-electron chi connectivity index (χ1n) is 6.19. The summed E-state index contributed by atoms with van der Waals surface area (Å²) in [5.74, 6) is 0.812. The van der Waals surface area contributed by atoms with Gasteiger partial charge in [-0.25, -0.2) is 0 Å².